The summed E-state index contributed by atoms with van der Waals surface area (Å²) in [4.78, 5) is 26.1. The molecule has 1 aromatic rings. The van der Waals surface area contributed by atoms with E-state index < -0.39 is 11.8 Å². The Morgan fingerprint density at radius 3 is 2.48 bits per heavy atom. The average molecular weight is 288 g/mol. The lowest BCUT2D eigenvalue weighted by atomic mass is 9.86. The Morgan fingerprint density at radius 1 is 1.19 bits per heavy atom. The van der Waals surface area contributed by atoms with Gasteiger partial charge in [0.1, 0.15) is 0 Å². The largest absolute Gasteiger partial charge is 0.345 e. The maximum Gasteiger partial charge on any atom is 0.316 e. The molecule has 0 bridgehead atoms. The average Bonchev–Trinajstić information content (AvgIpc) is 2.51. The second-order valence-corrected chi connectivity index (χ2v) is 5.73. The fraction of sp³-hybridized carbons (Fsp3) is 0.529. The topological polar surface area (TPSA) is 49.4 Å². The number of likely N-dealkylation sites (N-methyl/N-ethyl adjacent to an activating group) is 1. The van der Waals surface area contributed by atoms with E-state index in [4.69, 9.17) is 0 Å². The highest BCUT2D eigenvalue weighted by atomic mass is 16.2. The number of anilines is 1. The lowest BCUT2D eigenvalue weighted by Crippen LogP contribution is -2.49. The van der Waals surface area contributed by atoms with Crippen molar-refractivity contribution in [1.29, 1.82) is 0 Å². The third kappa shape index (κ3) is 3.84. The number of amides is 2. The van der Waals surface area contributed by atoms with Crippen molar-refractivity contribution in [2.45, 2.75) is 45.6 Å². The van der Waals surface area contributed by atoms with Gasteiger partial charge in [0.2, 0.25) is 0 Å². The van der Waals surface area contributed by atoms with Gasteiger partial charge in [-0.05, 0) is 37.8 Å². The molecule has 1 N–H and O–H groups in total. The number of nitrogens with one attached hydrogen (secondary N) is 1. The minimum atomic E-state index is -0.487. The van der Waals surface area contributed by atoms with E-state index in [0.717, 1.165) is 24.9 Å². The standard InChI is InChI=1S/C17H24N2O2/c1-3-19(14-10-5-4-6-11-14)17(21)16(20)18-15-12-8-7-9-13(15)2/h4-6,10-11,13,15H,3,7-9,12H2,1-2H3,(H,18,20). The van der Waals surface area contributed by atoms with Gasteiger partial charge in [0.25, 0.3) is 0 Å². The van der Waals surface area contributed by atoms with Crippen LogP contribution in [0.4, 0.5) is 5.69 Å². The fourth-order valence-electron chi connectivity index (χ4n) is 2.93. The summed E-state index contributed by atoms with van der Waals surface area (Å²) in [7, 11) is 0. The molecular weight excluding hydrogens is 264 g/mol. The molecule has 1 saturated carbocycles. The predicted octanol–water partition coefficient (Wildman–Crippen LogP) is 2.73. The molecule has 1 aliphatic carbocycles. The number of carbonyl (C=O) groups excluding carboxylic acids is 2. The molecule has 2 amide bonds. The molecule has 0 radical (unpaired) electrons. The van der Waals surface area contributed by atoms with Crippen molar-refractivity contribution in [3.8, 4) is 0 Å². The van der Waals surface area contributed by atoms with Crippen LogP contribution in [0.25, 0.3) is 0 Å². The van der Waals surface area contributed by atoms with E-state index in [-0.39, 0.29) is 6.04 Å². The zero-order valence-electron chi connectivity index (χ0n) is 12.8. The quantitative estimate of drug-likeness (QED) is 0.869. The normalized spacial score (nSPS) is 21.6. The highest BCUT2D eigenvalue weighted by molar-refractivity contribution is 6.40. The van der Waals surface area contributed by atoms with E-state index in [1.165, 1.54) is 11.3 Å². The van der Waals surface area contributed by atoms with E-state index in [1.54, 1.807) is 0 Å². The summed E-state index contributed by atoms with van der Waals surface area (Å²) in [6, 6.07) is 9.45. The third-order valence-corrected chi connectivity index (χ3v) is 4.25. The Balaban J connectivity index is 2.02. The summed E-state index contributed by atoms with van der Waals surface area (Å²) >= 11 is 0. The first-order valence-corrected chi connectivity index (χ1v) is 7.81. The molecule has 21 heavy (non-hydrogen) atoms. The van der Waals surface area contributed by atoms with Crippen molar-refractivity contribution in [3.05, 3.63) is 30.3 Å². The van der Waals surface area contributed by atoms with Crippen molar-refractivity contribution >= 4 is 17.5 Å². The highest BCUT2D eigenvalue weighted by Crippen LogP contribution is 2.23. The van der Waals surface area contributed by atoms with E-state index in [2.05, 4.69) is 12.2 Å². The van der Waals surface area contributed by atoms with Crippen molar-refractivity contribution < 1.29 is 9.59 Å². The minimum Gasteiger partial charge on any atom is -0.345 e. The Bertz CT molecular complexity index is 487. The molecule has 0 spiro atoms. The number of hydrogen-bond donors (Lipinski definition) is 1. The van der Waals surface area contributed by atoms with Gasteiger partial charge in [0, 0.05) is 18.3 Å². The second kappa shape index (κ2) is 7.25. The Kier molecular flexibility index (Phi) is 5.37. The molecule has 1 fully saturated rings. The summed E-state index contributed by atoms with van der Waals surface area (Å²) in [5, 5.41) is 2.92. The summed E-state index contributed by atoms with van der Waals surface area (Å²) in [6.45, 7) is 4.50. The third-order valence-electron chi connectivity index (χ3n) is 4.25. The van der Waals surface area contributed by atoms with Crippen LogP contribution in [0, 0.1) is 5.92 Å². The summed E-state index contributed by atoms with van der Waals surface area (Å²) in [6.07, 6.45) is 4.43. The van der Waals surface area contributed by atoms with E-state index in [0.29, 0.717) is 12.5 Å². The molecule has 0 aromatic heterocycles. The van der Waals surface area contributed by atoms with Crippen LogP contribution in [0.3, 0.4) is 0 Å². The molecule has 114 valence electrons. The minimum absolute atomic E-state index is 0.129. The smallest absolute Gasteiger partial charge is 0.316 e. The molecule has 2 atom stereocenters. The van der Waals surface area contributed by atoms with Crippen molar-refractivity contribution in [1.82, 2.24) is 5.32 Å². The number of nitrogens with zero attached hydrogens (tertiary/aromatic N) is 1. The SMILES string of the molecule is CCN(C(=O)C(=O)NC1CCCCC1C)c1ccccc1. The second-order valence-electron chi connectivity index (χ2n) is 5.73. The van der Waals surface area contributed by atoms with Gasteiger partial charge < -0.3 is 10.2 Å². The molecule has 0 saturated heterocycles. The first kappa shape index (κ1) is 15.5. The van der Waals surface area contributed by atoms with Gasteiger partial charge in [-0.2, -0.15) is 0 Å². The number of hydrogen-bond acceptors (Lipinski definition) is 2. The lowest BCUT2D eigenvalue weighted by molar-refractivity contribution is -0.138. The van der Waals surface area contributed by atoms with Gasteiger partial charge in [0.15, 0.2) is 0 Å². The van der Waals surface area contributed by atoms with Crippen LogP contribution >= 0.6 is 0 Å². The number of para-hydroxylation sites is 1. The van der Waals surface area contributed by atoms with Crippen LogP contribution in [0.15, 0.2) is 30.3 Å². The predicted molar refractivity (Wildman–Crippen MR) is 84.0 cm³/mol. The lowest BCUT2D eigenvalue weighted by Gasteiger charge is -2.30. The first-order valence-electron chi connectivity index (χ1n) is 7.81. The van der Waals surface area contributed by atoms with Crippen LogP contribution < -0.4 is 10.2 Å². The highest BCUT2D eigenvalue weighted by Gasteiger charge is 2.28. The Labute approximate surface area is 126 Å². The molecular formula is C17H24N2O2. The maximum absolute atomic E-state index is 12.4. The van der Waals surface area contributed by atoms with Gasteiger partial charge in [-0.25, -0.2) is 0 Å². The van der Waals surface area contributed by atoms with Crippen molar-refractivity contribution in [2.75, 3.05) is 11.4 Å². The molecule has 2 rings (SSSR count). The molecule has 4 nitrogen and oxygen atoms in total. The fourth-order valence-corrected chi connectivity index (χ4v) is 2.93. The first-order chi connectivity index (χ1) is 10.1. The summed E-state index contributed by atoms with van der Waals surface area (Å²) in [5.41, 5.74) is 0.761. The van der Waals surface area contributed by atoms with E-state index >= 15 is 0 Å². The maximum atomic E-state index is 12.4. The van der Waals surface area contributed by atoms with Crippen LogP contribution in [-0.4, -0.2) is 24.4 Å². The molecule has 0 heterocycles. The zero-order chi connectivity index (χ0) is 15.2. The number of carbonyl (C=O) groups is 2. The van der Waals surface area contributed by atoms with E-state index in [9.17, 15) is 9.59 Å². The summed E-state index contributed by atoms with van der Waals surface area (Å²) in [5.74, 6) is -0.511. The molecule has 0 aliphatic heterocycles. The van der Waals surface area contributed by atoms with Crippen LogP contribution in [0.1, 0.15) is 39.5 Å². The monoisotopic (exact) mass is 288 g/mol. The molecule has 4 heteroatoms. The van der Waals surface area contributed by atoms with Gasteiger partial charge in [-0.1, -0.05) is 38.0 Å². The van der Waals surface area contributed by atoms with Gasteiger partial charge >= 0.3 is 11.8 Å². The number of benzene rings is 1. The molecule has 2 unspecified atom stereocenters. The van der Waals surface area contributed by atoms with Crippen LogP contribution in [0.2, 0.25) is 0 Å². The Hall–Kier alpha value is -1.84. The van der Waals surface area contributed by atoms with Crippen molar-refractivity contribution in [2.24, 2.45) is 5.92 Å². The number of rotatable bonds is 3. The molecule has 1 aromatic carbocycles. The zero-order valence-corrected chi connectivity index (χ0v) is 12.8. The Morgan fingerprint density at radius 2 is 1.86 bits per heavy atom. The van der Waals surface area contributed by atoms with Gasteiger partial charge in [-0.3, -0.25) is 9.59 Å². The summed E-state index contributed by atoms with van der Waals surface area (Å²) < 4.78 is 0. The molecule has 1 aliphatic rings. The van der Waals surface area contributed by atoms with Crippen molar-refractivity contribution in [3.63, 3.8) is 0 Å². The van der Waals surface area contributed by atoms with E-state index in [1.807, 2.05) is 37.3 Å². The van der Waals surface area contributed by atoms with Gasteiger partial charge in [0.05, 0.1) is 0 Å². The van der Waals surface area contributed by atoms with Crippen LogP contribution in [-0.2, 0) is 9.59 Å². The van der Waals surface area contributed by atoms with Gasteiger partial charge in [-0.15, -0.1) is 0 Å². The van der Waals surface area contributed by atoms with Crippen LogP contribution in [0.5, 0.6) is 0 Å².